The molecule has 100 valence electrons. The first kappa shape index (κ1) is 14.5. The van der Waals surface area contributed by atoms with E-state index in [9.17, 15) is 18.0 Å². The molecule has 0 atom stereocenters. The molecule has 0 aliphatic carbocycles. The van der Waals surface area contributed by atoms with E-state index >= 15 is 0 Å². The van der Waals surface area contributed by atoms with Crippen LogP contribution in [0.2, 0.25) is 0 Å². The molecular formula is C10H10F3NO3S. The Labute approximate surface area is 105 Å². The average Bonchev–Trinajstić information content (AvgIpc) is 2.30. The Kier molecular flexibility index (Phi) is 5.14. The monoisotopic (exact) mass is 281 g/mol. The van der Waals surface area contributed by atoms with Gasteiger partial charge < -0.3 is 15.2 Å². The summed E-state index contributed by atoms with van der Waals surface area (Å²) in [4.78, 5) is 11.2. The summed E-state index contributed by atoms with van der Waals surface area (Å²) in [5.41, 5.74) is 5.52. The minimum atomic E-state index is -3.14. The number of nitrogens with two attached hydrogens (primary N) is 1. The van der Waals surface area contributed by atoms with Gasteiger partial charge in [0.1, 0.15) is 0 Å². The number of ether oxygens (including phenoxy) is 2. The number of hydrogen-bond donors (Lipinski definition) is 1. The maximum atomic E-state index is 13.2. The molecule has 0 fully saturated rings. The Morgan fingerprint density at radius 1 is 1.50 bits per heavy atom. The van der Waals surface area contributed by atoms with Gasteiger partial charge in [-0.1, -0.05) is 0 Å². The SMILES string of the molecule is COC(=O)CSc1cc(OC(F)F)c(F)cc1N. The zero-order chi connectivity index (χ0) is 13.7. The molecule has 0 bridgehead atoms. The van der Waals surface area contributed by atoms with Gasteiger partial charge in [-0.05, 0) is 6.07 Å². The number of rotatable bonds is 5. The number of nitrogen functional groups attached to an aromatic ring is 1. The van der Waals surface area contributed by atoms with E-state index in [1.807, 2.05) is 0 Å². The zero-order valence-electron chi connectivity index (χ0n) is 9.28. The highest BCUT2D eigenvalue weighted by Gasteiger charge is 2.14. The van der Waals surface area contributed by atoms with E-state index in [1.165, 1.54) is 7.11 Å². The standard InChI is InChI=1S/C10H10F3NO3S/c1-16-9(15)4-18-8-3-7(17-10(12)13)5(11)2-6(8)14/h2-3,10H,4,14H2,1H3. The van der Waals surface area contributed by atoms with Crippen molar-refractivity contribution in [2.24, 2.45) is 0 Å². The number of anilines is 1. The molecule has 0 radical (unpaired) electrons. The maximum Gasteiger partial charge on any atom is 0.387 e. The zero-order valence-corrected chi connectivity index (χ0v) is 10.1. The minimum Gasteiger partial charge on any atom is -0.468 e. The van der Waals surface area contributed by atoms with E-state index in [4.69, 9.17) is 5.73 Å². The van der Waals surface area contributed by atoms with Gasteiger partial charge in [-0.2, -0.15) is 8.78 Å². The number of esters is 1. The summed E-state index contributed by atoms with van der Waals surface area (Å²) in [5.74, 6) is -2.19. The number of halogens is 3. The minimum absolute atomic E-state index is 0.0306. The van der Waals surface area contributed by atoms with Crippen molar-refractivity contribution < 1.29 is 27.4 Å². The van der Waals surface area contributed by atoms with Crippen LogP contribution in [0.1, 0.15) is 0 Å². The number of hydrogen-bond acceptors (Lipinski definition) is 5. The van der Waals surface area contributed by atoms with E-state index < -0.39 is 24.1 Å². The van der Waals surface area contributed by atoms with E-state index in [0.717, 1.165) is 23.9 Å². The van der Waals surface area contributed by atoms with Crippen molar-refractivity contribution in [3.63, 3.8) is 0 Å². The third-order valence-corrected chi connectivity index (χ3v) is 2.90. The third-order valence-electron chi connectivity index (χ3n) is 1.85. The molecule has 0 aromatic heterocycles. The van der Waals surface area contributed by atoms with Crippen LogP contribution in [0.4, 0.5) is 18.9 Å². The molecule has 0 aliphatic rings. The first-order valence-corrected chi connectivity index (χ1v) is 5.66. The fourth-order valence-corrected chi connectivity index (χ4v) is 1.86. The molecule has 0 heterocycles. The van der Waals surface area contributed by atoms with Gasteiger partial charge in [0.2, 0.25) is 0 Å². The van der Waals surface area contributed by atoms with Crippen LogP contribution in [0, 0.1) is 5.82 Å². The first-order valence-electron chi connectivity index (χ1n) is 4.67. The number of carbonyl (C=O) groups is 1. The van der Waals surface area contributed by atoms with Crippen molar-refractivity contribution in [3.05, 3.63) is 17.9 Å². The lowest BCUT2D eigenvalue weighted by Gasteiger charge is -2.10. The van der Waals surface area contributed by atoms with Gasteiger partial charge in [0.05, 0.1) is 12.9 Å². The average molecular weight is 281 g/mol. The lowest BCUT2D eigenvalue weighted by atomic mass is 10.3. The molecule has 8 heteroatoms. The van der Waals surface area contributed by atoms with Crippen LogP contribution in [0.25, 0.3) is 0 Å². The predicted octanol–water partition coefficient (Wildman–Crippen LogP) is 2.27. The molecule has 0 unspecified atom stereocenters. The van der Waals surface area contributed by atoms with E-state index in [1.54, 1.807) is 0 Å². The molecule has 18 heavy (non-hydrogen) atoms. The van der Waals surface area contributed by atoms with Crippen LogP contribution >= 0.6 is 11.8 Å². The molecule has 1 aromatic carbocycles. The van der Waals surface area contributed by atoms with Crippen LogP contribution in [0.15, 0.2) is 17.0 Å². The Balaban J connectivity index is 2.87. The van der Waals surface area contributed by atoms with Crippen molar-refractivity contribution >= 4 is 23.4 Å². The van der Waals surface area contributed by atoms with Crippen LogP contribution in [0.5, 0.6) is 5.75 Å². The molecule has 0 aliphatic heterocycles. The topological polar surface area (TPSA) is 61.5 Å². The molecule has 4 nitrogen and oxygen atoms in total. The van der Waals surface area contributed by atoms with Gasteiger partial charge in [0, 0.05) is 16.6 Å². The molecule has 2 N–H and O–H groups in total. The Morgan fingerprint density at radius 3 is 2.72 bits per heavy atom. The quantitative estimate of drug-likeness (QED) is 0.509. The summed E-state index contributed by atoms with van der Waals surface area (Å²) in [6.45, 7) is -3.14. The molecule has 1 aromatic rings. The second kappa shape index (κ2) is 6.39. The third kappa shape index (κ3) is 4.02. The van der Waals surface area contributed by atoms with Crippen molar-refractivity contribution in [3.8, 4) is 5.75 Å². The summed E-state index contributed by atoms with van der Waals surface area (Å²) >= 11 is 0.939. The fraction of sp³-hybridized carbons (Fsp3) is 0.300. The smallest absolute Gasteiger partial charge is 0.387 e. The van der Waals surface area contributed by atoms with E-state index in [2.05, 4.69) is 9.47 Å². The van der Waals surface area contributed by atoms with Gasteiger partial charge in [-0.15, -0.1) is 11.8 Å². The summed E-state index contributed by atoms with van der Waals surface area (Å²) in [6.07, 6.45) is 0. The van der Waals surface area contributed by atoms with Crippen LogP contribution < -0.4 is 10.5 Å². The highest BCUT2D eigenvalue weighted by Crippen LogP contribution is 2.32. The largest absolute Gasteiger partial charge is 0.468 e. The van der Waals surface area contributed by atoms with Crippen molar-refractivity contribution in [1.29, 1.82) is 0 Å². The normalized spacial score (nSPS) is 10.5. The van der Waals surface area contributed by atoms with E-state index in [-0.39, 0.29) is 16.3 Å². The van der Waals surface area contributed by atoms with Crippen molar-refractivity contribution in [2.75, 3.05) is 18.6 Å². The Hall–Kier alpha value is -1.57. The summed E-state index contributed by atoms with van der Waals surface area (Å²) in [5, 5.41) is 0. The lowest BCUT2D eigenvalue weighted by Crippen LogP contribution is -2.06. The number of alkyl halides is 2. The van der Waals surface area contributed by atoms with Crippen molar-refractivity contribution in [2.45, 2.75) is 11.5 Å². The summed E-state index contributed by atoms with van der Waals surface area (Å²) in [7, 11) is 1.21. The Morgan fingerprint density at radius 2 is 2.17 bits per heavy atom. The summed E-state index contributed by atoms with van der Waals surface area (Å²) < 4.78 is 45.6. The second-order valence-electron chi connectivity index (χ2n) is 3.06. The first-order chi connectivity index (χ1) is 8.43. The van der Waals surface area contributed by atoms with Gasteiger partial charge in [-0.25, -0.2) is 4.39 Å². The molecule has 0 saturated carbocycles. The number of carbonyl (C=O) groups excluding carboxylic acids is 1. The van der Waals surface area contributed by atoms with E-state index in [0.29, 0.717) is 0 Å². The molecule has 1 rings (SSSR count). The van der Waals surface area contributed by atoms with Crippen molar-refractivity contribution in [1.82, 2.24) is 0 Å². The molecular weight excluding hydrogens is 271 g/mol. The predicted molar refractivity (Wildman–Crippen MR) is 60.2 cm³/mol. The number of thioether (sulfide) groups is 1. The van der Waals surface area contributed by atoms with Crippen LogP contribution in [-0.4, -0.2) is 25.4 Å². The maximum absolute atomic E-state index is 13.2. The van der Waals surface area contributed by atoms with Gasteiger partial charge >= 0.3 is 12.6 Å². The highest BCUT2D eigenvalue weighted by molar-refractivity contribution is 8.00. The molecule has 0 saturated heterocycles. The van der Waals surface area contributed by atoms with Gasteiger partial charge in [-0.3, -0.25) is 4.79 Å². The number of methoxy groups -OCH3 is 1. The van der Waals surface area contributed by atoms with Gasteiger partial charge in [0.15, 0.2) is 11.6 Å². The molecule has 0 spiro atoms. The molecule has 0 amide bonds. The lowest BCUT2D eigenvalue weighted by molar-refractivity contribution is -0.137. The Bertz CT molecular complexity index is 443. The van der Waals surface area contributed by atoms with Crippen LogP contribution in [-0.2, 0) is 9.53 Å². The van der Waals surface area contributed by atoms with Gasteiger partial charge in [0.25, 0.3) is 0 Å². The second-order valence-corrected chi connectivity index (χ2v) is 4.08. The number of benzene rings is 1. The fourth-order valence-electron chi connectivity index (χ4n) is 1.06. The van der Waals surface area contributed by atoms with Crippen LogP contribution in [0.3, 0.4) is 0 Å². The summed E-state index contributed by atoms with van der Waals surface area (Å²) in [6, 6.07) is 1.88. The highest BCUT2D eigenvalue weighted by atomic mass is 32.2.